The number of thiophene rings is 1. The van der Waals surface area contributed by atoms with Gasteiger partial charge in [-0.15, -0.1) is 11.3 Å². The van der Waals surface area contributed by atoms with Gasteiger partial charge in [-0.1, -0.05) is 6.92 Å². The van der Waals surface area contributed by atoms with Gasteiger partial charge in [0, 0.05) is 68.4 Å². The molecule has 12 nitrogen and oxygen atoms in total. The highest BCUT2D eigenvalue weighted by Crippen LogP contribution is 2.49. The van der Waals surface area contributed by atoms with E-state index in [1.54, 1.807) is 16.1 Å². The first-order chi connectivity index (χ1) is 20.6. The Morgan fingerprint density at radius 3 is 2.73 bits per heavy atom. The first-order valence-electron chi connectivity index (χ1n) is 14.9. The van der Waals surface area contributed by atoms with Crippen LogP contribution in [0.1, 0.15) is 82.0 Å². The van der Waals surface area contributed by atoms with Crippen molar-refractivity contribution >= 4 is 40.4 Å². The van der Waals surface area contributed by atoms with Crippen LogP contribution in [0.3, 0.4) is 0 Å². The van der Waals surface area contributed by atoms with Gasteiger partial charge >= 0.3 is 6.09 Å². The molecule has 0 aromatic carbocycles. The summed E-state index contributed by atoms with van der Waals surface area (Å²) in [5, 5.41) is 42.5. The maximum absolute atomic E-state index is 12.7. The number of aryl methyl sites for hydroxylation is 1. The van der Waals surface area contributed by atoms with E-state index in [2.05, 4.69) is 21.0 Å². The maximum Gasteiger partial charge on any atom is 0.410 e. The van der Waals surface area contributed by atoms with E-state index in [9.17, 15) is 20.3 Å². The molecule has 2 aliphatic rings. The Bertz CT molecular complexity index is 1460. The van der Waals surface area contributed by atoms with E-state index in [-0.39, 0.29) is 23.5 Å². The van der Waals surface area contributed by atoms with E-state index >= 15 is 0 Å². The monoisotopic (exact) mass is 624 g/mol. The average molecular weight is 625 g/mol. The molecule has 1 amide bonds. The molecule has 238 valence electrons. The molecule has 2 aromatic heterocycles. The number of aliphatic imine (C=N–C) groups is 1. The summed E-state index contributed by atoms with van der Waals surface area (Å²) in [6, 6.07) is 3.59. The van der Waals surface area contributed by atoms with Gasteiger partial charge in [0.05, 0.1) is 11.9 Å². The molecule has 0 saturated carbocycles. The van der Waals surface area contributed by atoms with Crippen molar-refractivity contribution < 1.29 is 19.7 Å². The van der Waals surface area contributed by atoms with E-state index in [1.807, 2.05) is 53.6 Å². The highest BCUT2D eigenvalue weighted by atomic mass is 32.1. The van der Waals surface area contributed by atoms with Crippen molar-refractivity contribution in [3.8, 4) is 6.07 Å². The van der Waals surface area contributed by atoms with Gasteiger partial charge in [0.15, 0.2) is 0 Å². The Kier molecular flexibility index (Phi) is 9.68. The third-order valence-electron chi connectivity index (χ3n) is 8.01. The number of aromatic nitrogens is 2. The number of nitrogens with zero attached hydrogens (tertiary/aromatic N) is 7. The van der Waals surface area contributed by atoms with Gasteiger partial charge in [-0.3, -0.25) is 0 Å². The fourth-order valence-electron chi connectivity index (χ4n) is 5.81. The minimum absolute atomic E-state index is 0.0191. The number of nitriles is 1. The van der Waals surface area contributed by atoms with E-state index in [1.165, 1.54) is 23.6 Å². The maximum atomic E-state index is 12.7. The predicted octanol–water partition coefficient (Wildman–Crippen LogP) is 4.31. The number of hydrogen-bond donors (Lipinski definition) is 3. The topological polar surface area (TPSA) is 162 Å². The molecule has 3 heterocycles. The standard InChI is InChI=1S/C31H44N8O4S/c1-20-18-38(28(40)43-29(2,3)4)14-9-15-39(20)27-34-13-11-24(36-27)31(41,42)16-23(33)30(5)12-8-10-22-25(30)21(17-32)26(44-22)35-19-37(6)7/h11,13,19-20,33,41-42H,8-10,12,14-16,18H2,1-7H3/t20-,30+/m0/s1. The first kappa shape index (κ1) is 33.3. The quantitative estimate of drug-likeness (QED) is 0.232. The van der Waals surface area contributed by atoms with Gasteiger partial charge in [-0.2, -0.15) is 5.26 Å². The minimum Gasteiger partial charge on any atom is -0.444 e. The van der Waals surface area contributed by atoms with Gasteiger partial charge in [-0.05, 0) is 65.0 Å². The number of nitrogens with one attached hydrogen (secondary N) is 1. The normalized spacial score (nSPS) is 21.0. The fraction of sp³-hybridized carbons (Fsp3) is 0.613. The van der Waals surface area contributed by atoms with Crippen LogP contribution >= 0.6 is 11.3 Å². The van der Waals surface area contributed by atoms with Crippen LogP contribution in [0.25, 0.3) is 0 Å². The number of ether oxygens (including phenoxy) is 1. The lowest BCUT2D eigenvalue weighted by Crippen LogP contribution is -2.44. The lowest BCUT2D eigenvalue weighted by molar-refractivity contribution is -0.166. The van der Waals surface area contributed by atoms with E-state index < -0.39 is 23.2 Å². The van der Waals surface area contributed by atoms with Crippen LogP contribution in [0.2, 0.25) is 0 Å². The number of carbonyl (C=O) groups is 1. The summed E-state index contributed by atoms with van der Waals surface area (Å²) in [6.45, 7) is 10.9. The second kappa shape index (κ2) is 12.8. The lowest BCUT2D eigenvalue weighted by Gasteiger charge is -2.37. The summed E-state index contributed by atoms with van der Waals surface area (Å²) in [7, 11) is 3.71. The van der Waals surface area contributed by atoms with Crippen LogP contribution in [0.4, 0.5) is 15.7 Å². The van der Waals surface area contributed by atoms with E-state index in [0.29, 0.717) is 49.0 Å². The highest BCUT2D eigenvalue weighted by Gasteiger charge is 2.44. The summed E-state index contributed by atoms with van der Waals surface area (Å²) < 4.78 is 5.57. The summed E-state index contributed by atoms with van der Waals surface area (Å²) in [6.07, 6.45) is 5.23. The summed E-state index contributed by atoms with van der Waals surface area (Å²) in [5.74, 6) is -2.12. The predicted molar refractivity (Wildman–Crippen MR) is 171 cm³/mol. The van der Waals surface area contributed by atoms with Crippen molar-refractivity contribution in [3.05, 3.63) is 34.0 Å². The smallest absolute Gasteiger partial charge is 0.410 e. The second-order valence-electron chi connectivity index (χ2n) is 13.1. The zero-order valence-corrected chi connectivity index (χ0v) is 27.5. The molecular formula is C31H44N8O4S. The Morgan fingerprint density at radius 1 is 1.34 bits per heavy atom. The van der Waals surface area contributed by atoms with Crippen molar-refractivity contribution in [2.24, 2.45) is 4.99 Å². The molecule has 0 spiro atoms. The first-order valence-corrected chi connectivity index (χ1v) is 15.7. The number of rotatable bonds is 7. The Morgan fingerprint density at radius 2 is 2.07 bits per heavy atom. The highest BCUT2D eigenvalue weighted by molar-refractivity contribution is 7.16. The van der Waals surface area contributed by atoms with Gasteiger partial charge in [0.1, 0.15) is 22.4 Å². The number of carbonyl (C=O) groups excluding carboxylic acids is 1. The molecule has 1 aliphatic carbocycles. The zero-order valence-electron chi connectivity index (χ0n) is 26.7. The van der Waals surface area contributed by atoms with Crippen LogP contribution < -0.4 is 4.90 Å². The van der Waals surface area contributed by atoms with Crippen LogP contribution in [-0.2, 0) is 22.4 Å². The van der Waals surface area contributed by atoms with Crippen LogP contribution in [0.15, 0.2) is 17.3 Å². The van der Waals surface area contributed by atoms with E-state index in [4.69, 9.17) is 10.1 Å². The van der Waals surface area contributed by atoms with Crippen molar-refractivity contribution in [3.63, 3.8) is 0 Å². The molecule has 1 aliphatic heterocycles. The number of anilines is 1. The number of amides is 1. The van der Waals surface area contributed by atoms with Crippen molar-refractivity contribution in [1.29, 1.82) is 10.7 Å². The molecule has 0 radical (unpaired) electrons. The summed E-state index contributed by atoms with van der Waals surface area (Å²) in [4.78, 5) is 32.6. The third kappa shape index (κ3) is 7.20. The summed E-state index contributed by atoms with van der Waals surface area (Å²) in [5.41, 5.74) is -0.165. The van der Waals surface area contributed by atoms with Crippen LogP contribution in [0.5, 0.6) is 0 Å². The zero-order chi connectivity index (χ0) is 32.4. The molecule has 2 aromatic rings. The molecular weight excluding hydrogens is 580 g/mol. The average Bonchev–Trinajstić information content (AvgIpc) is 3.19. The summed E-state index contributed by atoms with van der Waals surface area (Å²) >= 11 is 1.46. The molecule has 44 heavy (non-hydrogen) atoms. The van der Waals surface area contributed by atoms with Gasteiger partial charge in [0.2, 0.25) is 11.7 Å². The van der Waals surface area contributed by atoms with E-state index in [0.717, 1.165) is 23.3 Å². The number of hydrogen-bond acceptors (Lipinski definition) is 11. The second-order valence-corrected chi connectivity index (χ2v) is 14.2. The lowest BCUT2D eigenvalue weighted by atomic mass is 9.68. The number of aliphatic hydroxyl groups is 2. The largest absolute Gasteiger partial charge is 0.444 e. The SMILES string of the molecule is C[C@H]1CN(C(=O)OC(C)(C)C)CCCN1c1nccc(C(O)(O)CC(=N)[C@@]2(C)CCCc3sc(N=CN(C)C)c(C#N)c32)n1. The minimum atomic E-state index is -2.44. The molecule has 3 N–H and O–H groups in total. The Labute approximate surface area is 263 Å². The Hall–Kier alpha value is -3.60. The van der Waals surface area contributed by atoms with Crippen LogP contribution in [0, 0.1) is 16.7 Å². The molecule has 1 saturated heterocycles. The molecule has 0 bridgehead atoms. The molecule has 13 heteroatoms. The van der Waals surface area contributed by atoms with Gasteiger partial charge in [0.25, 0.3) is 0 Å². The fourth-order valence-corrected chi connectivity index (χ4v) is 7.07. The van der Waals surface area contributed by atoms with Crippen molar-refractivity contribution in [2.75, 3.05) is 38.6 Å². The molecule has 2 atom stereocenters. The molecule has 4 rings (SSSR count). The van der Waals surface area contributed by atoms with Gasteiger partial charge < -0.3 is 35.1 Å². The van der Waals surface area contributed by atoms with Crippen molar-refractivity contribution in [1.82, 2.24) is 19.8 Å². The van der Waals surface area contributed by atoms with Gasteiger partial charge in [-0.25, -0.2) is 19.8 Å². The van der Waals surface area contributed by atoms with Crippen LogP contribution in [-0.4, -0.2) is 93.5 Å². The number of fused-ring (bicyclic) bond motifs is 1. The van der Waals surface area contributed by atoms with Crippen molar-refractivity contribution in [2.45, 2.75) is 89.6 Å². The Balaban J connectivity index is 1.56. The third-order valence-corrected chi connectivity index (χ3v) is 9.16. The molecule has 1 fully saturated rings. The molecule has 0 unspecified atom stereocenters.